The Labute approximate surface area is 153 Å². The minimum absolute atomic E-state index is 0.0225. The zero-order valence-corrected chi connectivity index (χ0v) is 14.7. The summed E-state index contributed by atoms with van der Waals surface area (Å²) in [5.41, 5.74) is 2.00. The van der Waals surface area contributed by atoms with Crippen molar-refractivity contribution < 1.29 is 9.59 Å². The van der Waals surface area contributed by atoms with E-state index in [0.717, 1.165) is 5.56 Å². The molecular weight excluding hydrogens is 352 g/mol. The van der Waals surface area contributed by atoms with Crippen LogP contribution in [-0.4, -0.2) is 37.3 Å². The fourth-order valence-corrected chi connectivity index (χ4v) is 2.85. The molecular formula is C17H16N6O2S. The van der Waals surface area contributed by atoms with Crippen LogP contribution in [0.5, 0.6) is 0 Å². The number of carbonyl (C=O) groups excluding carboxylic acids is 2. The maximum Gasteiger partial charge on any atom is 0.234 e. The highest BCUT2D eigenvalue weighted by atomic mass is 32.2. The number of benzene rings is 1. The topological polar surface area (TPSA) is 116 Å². The number of rotatable bonds is 6. The van der Waals surface area contributed by atoms with Gasteiger partial charge in [0.15, 0.2) is 11.6 Å². The van der Waals surface area contributed by atoms with E-state index in [1.165, 1.54) is 23.4 Å². The molecule has 0 saturated carbocycles. The van der Waals surface area contributed by atoms with E-state index in [4.69, 9.17) is 5.84 Å². The van der Waals surface area contributed by atoms with Crippen molar-refractivity contribution in [3.05, 3.63) is 54.4 Å². The van der Waals surface area contributed by atoms with Crippen molar-refractivity contribution in [1.29, 1.82) is 0 Å². The molecule has 0 saturated heterocycles. The number of thioether (sulfide) groups is 1. The average molecular weight is 368 g/mol. The molecule has 3 rings (SSSR count). The minimum Gasteiger partial charge on any atom is -0.335 e. The highest BCUT2D eigenvalue weighted by molar-refractivity contribution is 7.99. The summed E-state index contributed by atoms with van der Waals surface area (Å²) in [6, 6.07) is 10.3. The Morgan fingerprint density at radius 2 is 1.81 bits per heavy atom. The number of nitrogens with one attached hydrogen (secondary N) is 1. The standard InChI is InChI=1S/C17H16N6O2S/c1-11(24)12-2-4-14(5-3-12)20-15(25)10-26-17-22-21-16(23(17)18)13-6-8-19-9-7-13/h2-9H,10,18H2,1H3,(H,20,25). The number of anilines is 1. The van der Waals surface area contributed by atoms with Crippen LogP contribution in [0.4, 0.5) is 5.69 Å². The van der Waals surface area contributed by atoms with Crippen molar-refractivity contribution >= 4 is 29.1 Å². The molecule has 0 spiro atoms. The lowest BCUT2D eigenvalue weighted by atomic mass is 10.1. The number of amides is 1. The predicted molar refractivity (Wildman–Crippen MR) is 99.2 cm³/mol. The van der Waals surface area contributed by atoms with Gasteiger partial charge < -0.3 is 11.2 Å². The van der Waals surface area contributed by atoms with Crippen LogP contribution in [0.3, 0.4) is 0 Å². The number of ketones is 1. The van der Waals surface area contributed by atoms with E-state index in [0.29, 0.717) is 22.2 Å². The van der Waals surface area contributed by atoms with E-state index in [2.05, 4.69) is 20.5 Å². The molecule has 3 aromatic rings. The molecule has 26 heavy (non-hydrogen) atoms. The van der Waals surface area contributed by atoms with Crippen LogP contribution in [0.1, 0.15) is 17.3 Å². The van der Waals surface area contributed by atoms with Gasteiger partial charge in [-0.05, 0) is 43.3 Å². The number of hydrogen-bond acceptors (Lipinski definition) is 7. The Bertz CT molecular complexity index is 924. The molecule has 2 heterocycles. The van der Waals surface area contributed by atoms with Gasteiger partial charge in [-0.15, -0.1) is 10.2 Å². The summed E-state index contributed by atoms with van der Waals surface area (Å²) in [5, 5.41) is 11.3. The second-order valence-corrected chi connectivity index (χ2v) is 6.32. The first-order valence-electron chi connectivity index (χ1n) is 7.69. The zero-order chi connectivity index (χ0) is 18.5. The number of aromatic nitrogens is 4. The van der Waals surface area contributed by atoms with Gasteiger partial charge in [-0.3, -0.25) is 14.6 Å². The van der Waals surface area contributed by atoms with Gasteiger partial charge in [0, 0.05) is 29.2 Å². The molecule has 3 N–H and O–H groups in total. The summed E-state index contributed by atoms with van der Waals surface area (Å²) >= 11 is 1.18. The first kappa shape index (κ1) is 17.6. The number of pyridine rings is 1. The molecule has 0 fully saturated rings. The minimum atomic E-state index is -0.209. The second kappa shape index (κ2) is 7.79. The van der Waals surface area contributed by atoms with Gasteiger partial charge in [0.2, 0.25) is 11.1 Å². The lowest BCUT2D eigenvalue weighted by molar-refractivity contribution is -0.113. The average Bonchev–Trinajstić information content (AvgIpc) is 3.02. The van der Waals surface area contributed by atoms with Gasteiger partial charge in [0.05, 0.1) is 5.75 Å². The molecule has 0 aliphatic carbocycles. The van der Waals surface area contributed by atoms with Gasteiger partial charge in [-0.1, -0.05) is 11.8 Å². The zero-order valence-electron chi connectivity index (χ0n) is 13.9. The fraction of sp³-hybridized carbons (Fsp3) is 0.118. The number of nitrogens with zero attached hydrogens (tertiary/aromatic N) is 4. The second-order valence-electron chi connectivity index (χ2n) is 5.38. The third kappa shape index (κ3) is 4.06. The normalized spacial score (nSPS) is 10.5. The molecule has 8 nitrogen and oxygen atoms in total. The highest BCUT2D eigenvalue weighted by Crippen LogP contribution is 2.21. The summed E-state index contributed by atoms with van der Waals surface area (Å²) < 4.78 is 1.34. The molecule has 2 aromatic heterocycles. The Hall–Kier alpha value is -3.20. The molecule has 132 valence electrons. The Morgan fingerprint density at radius 1 is 1.12 bits per heavy atom. The Kier molecular flexibility index (Phi) is 5.28. The van der Waals surface area contributed by atoms with Gasteiger partial charge in [0.1, 0.15) is 0 Å². The van der Waals surface area contributed by atoms with Crippen molar-refractivity contribution in [2.75, 3.05) is 16.9 Å². The number of nitrogens with two attached hydrogens (primary N) is 1. The highest BCUT2D eigenvalue weighted by Gasteiger charge is 2.13. The van der Waals surface area contributed by atoms with Crippen LogP contribution < -0.4 is 11.2 Å². The Morgan fingerprint density at radius 3 is 2.46 bits per heavy atom. The van der Waals surface area contributed by atoms with Crippen LogP contribution in [0.25, 0.3) is 11.4 Å². The summed E-state index contributed by atoms with van der Waals surface area (Å²) in [7, 11) is 0. The summed E-state index contributed by atoms with van der Waals surface area (Å²) in [4.78, 5) is 27.3. The van der Waals surface area contributed by atoms with Crippen LogP contribution in [0.15, 0.2) is 53.9 Å². The van der Waals surface area contributed by atoms with E-state index < -0.39 is 0 Å². The van der Waals surface area contributed by atoms with Crippen molar-refractivity contribution in [2.45, 2.75) is 12.1 Å². The van der Waals surface area contributed by atoms with Gasteiger partial charge in [-0.25, -0.2) is 4.68 Å². The molecule has 9 heteroatoms. The smallest absolute Gasteiger partial charge is 0.234 e. The summed E-state index contributed by atoms with van der Waals surface area (Å²) in [6.07, 6.45) is 3.28. The third-order valence-electron chi connectivity index (χ3n) is 3.51. The molecule has 0 aliphatic rings. The van der Waals surface area contributed by atoms with Gasteiger partial charge in [0.25, 0.3) is 0 Å². The lowest BCUT2D eigenvalue weighted by Gasteiger charge is -2.06. The van der Waals surface area contributed by atoms with Crippen molar-refractivity contribution in [3.63, 3.8) is 0 Å². The van der Waals surface area contributed by atoms with Crippen LogP contribution in [-0.2, 0) is 4.79 Å². The SMILES string of the molecule is CC(=O)c1ccc(NC(=O)CSc2nnc(-c3ccncc3)n2N)cc1. The molecule has 0 aliphatic heterocycles. The van der Waals surface area contributed by atoms with Crippen molar-refractivity contribution in [3.8, 4) is 11.4 Å². The number of carbonyl (C=O) groups is 2. The summed E-state index contributed by atoms with van der Waals surface area (Å²) in [6.45, 7) is 1.49. The molecule has 0 atom stereocenters. The molecule has 0 radical (unpaired) electrons. The Balaban J connectivity index is 1.60. The first-order valence-corrected chi connectivity index (χ1v) is 8.67. The van der Waals surface area contributed by atoms with E-state index >= 15 is 0 Å². The predicted octanol–water partition coefficient (Wildman–Crippen LogP) is 1.99. The van der Waals surface area contributed by atoms with E-state index in [9.17, 15) is 9.59 Å². The molecule has 1 amide bonds. The number of hydrogen-bond donors (Lipinski definition) is 2. The van der Waals surface area contributed by atoms with Crippen LogP contribution >= 0.6 is 11.8 Å². The first-order chi connectivity index (χ1) is 12.5. The maximum atomic E-state index is 12.1. The van der Waals surface area contributed by atoms with E-state index in [-0.39, 0.29) is 17.4 Å². The number of nitrogen functional groups attached to an aromatic ring is 1. The monoisotopic (exact) mass is 368 g/mol. The summed E-state index contributed by atoms with van der Waals surface area (Å²) in [5.74, 6) is 6.39. The largest absolute Gasteiger partial charge is 0.335 e. The molecule has 1 aromatic carbocycles. The lowest BCUT2D eigenvalue weighted by Crippen LogP contribution is -2.16. The van der Waals surface area contributed by atoms with Crippen LogP contribution in [0.2, 0.25) is 0 Å². The van der Waals surface area contributed by atoms with Crippen molar-refractivity contribution in [2.24, 2.45) is 0 Å². The van der Waals surface area contributed by atoms with Gasteiger partial charge in [-0.2, -0.15) is 0 Å². The van der Waals surface area contributed by atoms with E-state index in [1.54, 1.807) is 48.8 Å². The fourth-order valence-electron chi connectivity index (χ4n) is 2.19. The maximum absolute atomic E-state index is 12.1. The van der Waals surface area contributed by atoms with Crippen molar-refractivity contribution in [1.82, 2.24) is 19.9 Å². The molecule has 0 bridgehead atoms. The third-order valence-corrected chi connectivity index (χ3v) is 4.45. The van der Waals surface area contributed by atoms with E-state index in [1.807, 2.05) is 0 Å². The van der Waals surface area contributed by atoms with Gasteiger partial charge >= 0.3 is 0 Å². The van der Waals surface area contributed by atoms with Crippen LogP contribution in [0, 0.1) is 0 Å². The molecule has 0 unspecified atom stereocenters. The quantitative estimate of drug-likeness (QED) is 0.388. The number of Topliss-reactive ketones (excluding diaryl/α,β-unsaturated/α-hetero) is 1.